The summed E-state index contributed by atoms with van der Waals surface area (Å²) in [7, 11) is 0. The van der Waals surface area contributed by atoms with E-state index in [4.69, 9.17) is 0 Å². The van der Waals surface area contributed by atoms with Crippen molar-refractivity contribution in [2.24, 2.45) is 0 Å². The molecule has 0 aliphatic heterocycles. The summed E-state index contributed by atoms with van der Waals surface area (Å²) in [5, 5.41) is 13.5. The van der Waals surface area contributed by atoms with Crippen LogP contribution >= 0.6 is 0 Å². The second kappa shape index (κ2) is 9.11. The first-order valence-electron chi connectivity index (χ1n) is 7.69. The average Bonchev–Trinajstić information content (AvgIpc) is 2.44. The molecule has 0 amide bonds. The summed E-state index contributed by atoms with van der Waals surface area (Å²) in [5.41, 5.74) is 2.38. The molecule has 1 aromatic carbocycles. The van der Waals surface area contributed by atoms with Crippen molar-refractivity contribution in [3.05, 3.63) is 35.4 Å². The Morgan fingerprint density at radius 3 is 2.32 bits per heavy atom. The number of unbranched alkanes of at least 4 members (excludes halogenated alkanes) is 3. The molecule has 0 heterocycles. The summed E-state index contributed by atoms with van der Waals surface area (Å²) in [6.07, 6.45) is 5.93. The number of aryl methyl sites for hydroxylation is 1. The minimum Gasteiger partial charge on any atom is -0.387 e. The summed E-state index contributed by atoms with van der Waals surface area (Å²) in [6, 6.07) is 8.54. The number of rotatable bonds is 9. The Hall–Kier alpha value is -0.860. The zero-order valence-corrected chi connectivity index (χ0v) is 12.7. The fraction of sp³-hybridized carbons (Fsp3) is 0.647. The van der Waals surface area contributed by atoms with E-state index in [9.17, 15) is 5.11 Å². The molecular weight excluding hydrogens is 234 g/mol. The highest BCUT2D eigenvalue weighted by Gasteiger charge is 2.14. The van der Waals surface area contributed by atoms with Gasteiger partial charge in [-0.05, 0) is 37.4 Å². The SMILES string of the molecule is CCCCCCc1ccc(C(O)C(C)NCC)cc1. The molecule has 0 aromatic heterocycles. The molecule has 2 unspecified atom stereocenters. The van der Waals surface area contributed by atoms with Gasteiger partial charge in [0, 0.05) is 6.04 Å². The van der Waals surface area contributed by atoms with Gasteiger partial charge in [0.05, 0.1) is 6.10 Å². The first kappa shape index (κ1) is 16.2. The van der Waals surface area contributed by atoms with Crippen molar-refractivity contribution in [3.63, 3.8) is 0 Å². The van der Waals surface area contributed by atoms with Crippen LogP contribution in [0.15, 0.2) is 24.3 Å². The third-order valence-electron chi connectivity index (χ3n) is 3.64. The van der Waals surface area contributed by atoms with Gasteiger partial charge >= 0.3 is 0 Å². The smallest absolute Gasteiger partial charge is 0.0940 e. The number of benzene rings is 1. The predicted molar refractivity (Wildman–Crippen MR) is 82.4 cm³/mol. The van der Waals surface area contributed by atoms with Gasteiger partial charge in [-0.3, -0.25) is 0 Å². The van der Waals surface area contributed by atoms with Gasteiger partial charge < -0.3 is 10.4 Å². The third kappa shape index (κ3) is 5.75. The monoisotopic (exact) mass is 263 g/mol. The van der Waals surface area contributed by atoms with Gasteiger partial charge in [-0.25, -0.2) is 0 Å². The lowest BCUT2D eigenvalue weighted by Crippen LogP contribution is -2.31. The highest BCUT2D eigenvalue weighted by Crippen LogP contribution is 2.18. The lowest BCUT2D eigenvalue weighted by atomic mass is 10.00. The highest BCUT2D eigenvalue weighted by molar-refractivity contribution is 5.25. The molecule has 2 nitrogen and oxygen atoms in total. The molecule has 0 saturated heterocycles. The number of nitrogens with one attached hydrogen (secondary N) is 1. The number of aliphatic hydroxyl groups is 1. The third-order valence-corrected chi connectivity index (χ3v) is 3.64. The number of hydrogen-bond acceptors (Lipinski definition) is 2. The highest BCUT2D eigenvalue weighted by atomic mass is 16.3. The normalized spacial score (nSPS) is 14.3. The van der Waals surface area contributed by atoms with Crippen molar-refractivity contribution >= 4 is 0 Å². The predicted octanol–water partition coefficient (Wildman–Crippen LogP) is 3.84. The van der Waals surface area contributed by atoms with E-state index in [1.165, 1.54) is 31.2 Å². The van der Waals surface area contributed by atoms with Gasteiger partial charge in [0.2, 0.25) is 0 Å². The minimum absolute atomic E-state index is 0.0976. The fourth-order valence-corrected chi connectivity index (χ4v) is 2.36. The molecule has 19 heavy (non-hydrogen) atoms. The van der Waals surface area contributed by atoms with Crippen LogP contribution in [0.2, 0.25) is 0 Å². The summed E-state index contributed by atoms with van der Waals surface area (Å²) in [5.74, 6) is 0. The molecule has 0 bridgehead atoms. The molecule has 0 spiro atoms. The van der Waals surface area contributed by atoms with Gasteiger partial charge in [-0.1, -0.05) is 57.4 Å². The van der Waals surface area contributed by atoms with E-state index in [0.29, 0.717) is 0 Å². The van der Waals surface area contributed by atoms with Crippen LogP contribution in [0.1, 0.15) is 63.7 Å². The first-order chi connectivity index (χ1) is 9.19. The fourth-order valence-electron chi connectivity index (χ4n) is 2.36. The van der Waals surface area contributed by atoms with Gasteiger partial charge in [-0.15, -0.1) is 0 Å². The molecule has 0 aliphatic rings. The Labute approximate surface area is 118 Å². The maximum Gasteiger partial charge on any atom is 0.0940 e. The Kier molecular flexibility index (Phi) is 7.76. The van der Waals surface area contributed by atoms with Crippen molar-refractivity contribution in [2.75, 3.05) is 6.54 Å². The zero-order chi connectivity index (χ0) is 14.1. The molecule has 0 fully saturated rings. The zero-order valence-electron chi connectivity index (χ0n) is 12.7. The van der Waals surface area contributed by atoms with Crippen molar-refractivity contribution in [3.8, 4) is 0 Å². The maximum atomic E-state index is 10.2. The van der Waals surface area contributed by atoms with Crippen LogP contribution in [0.25, 0.3) is 0 Å². The second-order valence-electron chi connectivity index (χ2n) is 5.34. The van der Waals surface area contributed by atoms with Crippen LogP contribution in [0.4, 0.5) is 0 Å². The van der Waals surface area contributed by atoms with Crippen molar-refractivity contribution in [1.29, 1.82) is 0 Å². The molecule has 1 rings (SSSR count). The summed E-state index contributed by atoms with van der Waals surface area (Å²) >= 11 is 0. The van der Waals surface area contributed by atoms with Crippen LogP contribution in [0.5, 0.6) is 0 Å². The lowest BCUT2D eigenvalue weighted by Gasteiger charge is -2.20. The van der Waals surface area contributed by atoms with E-state index < -0.39 is 6.10 Å². The summed E-state index contributed by atoms with van der Waals surface area (Å²) in [4.78, 5) is 0. The Morgan fingerprint density at radius 1 is 1.05 bits per heavy atom. The van der Waals surface area contributed by atoms with Gasteiger partial charge in [0.1, 0.15) is 0 Å². The molecule has 0 saturated carbocycles. The van der Waals surface area contributed by atoms with E-state index in [1.54, 1.807) is 0 Å². The summed E-state index contributed by atoms with van der Waals surface area (Å²) < 4.78 is 0. The number of hydrogen-bond donors (Lipinski definition) is 2. The molecule has 1 aromatic rings. The van der Waals surface area contributed by atoms with E-state index in [2.05, 4.69) is 43.4 Å². The van der Waals surface area contributed by atoms with Crippen LogP contribution in [-0.2, 0) is 6.42 Å². The molecule has 0 aliphatic carbocycles. The topological polar surface area (TPSA) is 32.3 Å². The molecule has 0 radical (unpaired) electrons. The van der Waals surface area contributed by atoms with Crippen molar-refractivity contribution in [2.45, 2.75) is 65.0 Å². The summed E-state index contributed by atoms with van der Waals surface area (Å²) in [6.45, 7) is 7.20. The molecule has 2 atom stereocenters. The average molecular weight is 263 g/mol. The van der Waals surface area contributed by atoms with Crippen LogP contribution in [0, 0.1) is 0 Å². The van der Waals surface area contributed by atoms with Gasteiger partial charge in [0.15, 0.2) is 0 Å². The minimum atomic E-state index is -0.422. The lowest BCUT2D eigenvalue weighted by molar-refractivity contribution is 0.137. The van der Waals surface area contributed by atoms with Gasteiger partial charge in [-0.2, -0.15) is 0 Å². The van der Waals surface area contributed by atoms with E-state index in [0.717, 1.165) is 18.5 Å². The molecule has 108 valence electrons. The van der Waals surface area contributed by atoms with E-state index in [-0.39, 0.29) is 6.04 Å². The number of likely N-dealkylation sites (N-methyl/N-ethyl adjacent to an activating group) is 1. The molecule has 2 heteroatoms. The van der Waals surface area contributed by atoms with E-state index >= 15 is 0 Å². The maximum absolute atomic E-state index is 10.2. The van der Waals surface area contributed by atoms with Crippen molar-refractivity contribution < 1.29 is 5.11 Å². The molecular formula is C17H29NO. The van der Waals surface area contributed by atoms with Crippen LogP contribution in [-0.4, -0.2) is 17.7 Å². The Bertz CT molecular complexity index is 334. The van der Waals surface area contributed by atoms with Crippen LogP contribution in [0.3, 0.4) is 0 Å². The largest absolute Gasteiger partial charge is 0.387 e. The standard InChI is InChI=1S/C17H29NO/c1-4-6-7-8-9-15-10-12-16(13-11-15)17(19)14(3)18-5-2/h10-14,17-19H,4-9H2,1-3H3. The Morgan fingerprint density at radius 2 is 1.74 bits per heavy atom. The van der Waals surface area contributed by atoms with Crippen LogP contribution < -0.4 is 5.32 Å². The quantitative estimate of drug-likeness (QED) is 0.663. The molecule has 2 N–H and O–H groups in total. The van der Waals surface area contributed by atoms with E-state index in [1.807, 2.05) is 6.92 Å². The van der Waals surface area contributed by atoms with Crippen molar-refractivity contribution in [1.82, 2.24) is 5.32 Å². The first-order valence-corrected chi connectivity index (χ1v) is 7.69. The number of aliphatic hydroxyl groups excluding tert-OH is 1. The Balaban J connectivity index is 2.46. The second-order valence-corrected chi connectivity index (χ2v) is 5.34. The van der Waals surface area contributed by atoms with Gasteiger partial charge in [0.25, 0.3) is 0 Å².